The van der Waals surface area contributed by atoms with Crippen LogP contribution in [0.2, 0.25) is 0 Å². The molecule has 1 aliphatic heterocycles. The Morgan fingerprint density at radius 2 is 1.79 bits per heavy atom. The Hall–Kier alpha value is -0.910. The van der Waals surface area contributed by atoms with Gasteiger partial charge in [-0.15, -0.1) is 0 Å². The number of amides is 1. The number of hydrogen-bond donors (Lipinski definition) is 2. The van der Waals surface area contributed by atoms with Crippen LogP contribution >= 0.6 is 0 Å². The predicted molar refractivity (Wildman–Crippen MR) is 77.0 cm³/mol. The summed E-state index contributed by atoms with van der Waals surface area (Å²) in [6.45, 7) is 11.7. The second-order valence-corrected chi connectivity index (χ2v) is 6.01. The van der Waals surface area contributed by atoms with E-state index >= 15 is 0 Å². The lowest BCUT2D eigenvalue weighted by atomic mass is 10.1. The first-order chi connectivity index (χ1) is 8.90. The summed E-state index contributed by atoms with van der Waals surface area (Å²) in [5.41, 5.74) is -0.183. The highest BCUT2D eigenvalue weighted by Crippen LogP contribution is 2.01. The van der Waals surface area contributed by atoms with Crippen LogP contribution in [-0.4, -0.2) is 72.2 Å². The van der Waals surface area contributed by atoms with E-state index in [2.05, 4.69) is 15.1 Å². The number of carbonyl (C=O) groups is 1. The monoisotopic (exact) mass is 269 g/mol. The van der Waals surface area contributed by atoms with Crippen LogP contribution in [0.5, 0.6) is 0 Å². The summed E-state index contributed by atoms with van der Waals surface area (Å²) in [7, 11) is 0. The van der Waals surface area contributed by atoms with E-state index in [4.69, 9.17) is 5.11 Å². The molecule has 1 amide bonds. The summed E-state index contributed by atoms with van der Waals surface area (Å²) >= 11 is 0. The molecule has 110 valence electrons. The molecule has 0 bridgehead atoms. The molecule has 0 atom stereocenters. The molecule has 2 N–H and O–H groups in total. The Morgan fingerprint density at radius 3 is 2.32 bits per heavy atom. The van der Waals surface area contributed by atoms with Crippen molar-refractivity contribution < 1.29 is 9.90 Å². The maximum Gasteiger partial charge on any atom is 0.244 e. The van der Waals surface area contributed by atoms with Crippen LogP contribution in [0.25, 0.3) is 0 Å². The lowest BCUT2D eigenvalue weighted by Gasteiger charge is -2.33. The molecule has 0 spiro atoms. The topological polar surface area (TPSA) is 55.8 Å². The number of β-amino-alcohol motifs (C(OH)–C–C–N with tert-alkyl or cyclic N) is 1. The second-order valence-electron chi connectivity index (χ2n) is 6.01. The van der Waals surface area contributed by atoms with Crippen molar-refractivity contribution in [2.75, 3.05) is 45.9 Å². The van der Waals surface area contributed by atoms with Crippen LogP contribution < -0.4 is 5.32 Å². The van der Waals surface area contributed by atoms with Gasteiger partial charge in [0.2, 0.25) is 5.91 Å². The summed E-state index contributed by atoms with van der Waals surface area (Å²) in [5.74, 6) is -0.0357. The highest BCUT2D eigenvalue weighted by molar-refractivity contribution is 5.87. The molecule has 0 saturated carbocycles. The Morgan fingerprint density at radius 1 is 1.21 bits per heavy atom. The molecule has 1 aliphatic rings. The van der Waals surface area contributed by atoms with Crippen molar-refractivity contribution in [2.24, 2.45) is 0 Å². The minimum absolute atomic E-state index is 0.0357. The third-order valence-corrected chi connectivity index (χ3v) is 3.01. The maximum atomic E-state index is 11.6. The fourth-order valence-corrected chi connectivity index (χ4v) is 2.06. The minimum Gasteiger partial charge on any atom is -0.395 e. The highest BCUT2D eigenvalue weighted by atomic mass is 16.3. The third kappa shape index (κ3) is 7.30. The molecule has 0 aromatic rings. The van der Waals surface area contributed by atoms with Crippen LogP contribution in [0, 0.1) is 0 Å². The van der Waals surface area contributed by atoms with E-state index in [-0.39, 0.29) is 18.1 Å². The summed E-state index contributed by atoms with van der Waals surface area (Å²) in [4.78, 5) is 16.2. The van der Waals surface area contributed by atoms with E-state index in [0.717, 1.165) is 39.3 Å². The van der Waals surface area contributed by atoms with E-state index in [1.807, 2.05) is 26.8 Å². The fourth-order valence-electron chi connectivity index (χ4n) is 2.06. The van der Waals surface area contributed by atoms with Crippen molar-refractivity contribution in [3.63, 3.8) is 0 Å². The van der Waals surface area contributed by atoms with Gasteiger partial charge < -0.3 is 10.4 Å². The third-order valence-electron chi connectivity index (χ3n) is 3.01. The van der Waals surface area contributed by atoms with Crippen molar-refractivity contribution in [1.29, 1.82) is 0 Å². The fraction of sp³-hybridized carbons (Fsp3) is 0.786. The van der Waals surface area contributed by atoms with Crippen molar-refractivity contribution in [3.8, 4) is 0 Å². The number of nitrogens with one attached hydrogen (secondary N) is 1. The predicted octanol–water partition coefficient (Wildman–Crippen LogP) is 0.0672. The number of piperazine rings is 1. The molecular weight excluding hydrogens is 242 g/mol. The number of hydrogen-bond acceptors (Lipinski definition) is 4. The van der Waals surface area contributed by atoms with Crippen LogP contribution in [0.3, 0.4) is 0 Å². The van der Waals surface area contributed by atoms with Crippen LogP contribution in [0.15, 0.2) is 12.2 Å². The molecule has 1 rings (SSSR count). The first-order valence-corrected chi connectivity index (χ1v) is 6.95. The van der Waals surface area contributed by atoms with Gasteiger partial charge in [-0.05, 0) is 20.8 Å². The first kappa shape index (κ1) is 16.1. The van der Waals surface area contributed by atoms with E-state index in [0.29, 0.717) is 0 Å². The molecular formula is C14H27N3O2. The largest absolute Gasteiger partial charge is 0.395 e. The van der Waals surface area contributed by atoms with E-state index in [1.54, 1.807) is 6.08 Å². The summed E-state index contributed by atoms with van der Waals surface area (Å²) in [5, 5.41) is 11.8. The van der Waals surface area contributed by atoms with Crippen LogP contribution in [0.4, 0.5) is 0 Å². The van der Waals surface area contributed by atoms with Gasteiger partial charge in [0.15, 0.2) is 0 Å². The summed E-state index contributed by atoms with van der Waals surface area (Å²) < 4.78 is 0. The van der Waals surface area contributed by atoms with Gasteiger partial charge in [0.1, 0.15) is 0 Å². The van der Waals surface area contributed by atoms with Gasteiger partial charge in [-0.1, -0.05) is 6.08 Å². The van der Waals surface area contributed by atoms with Gasteiger partial charge in [-0.2, -0.15) is 0 Å². The van der Waals surface area contributed by atoms with Gasteiger partial charge in [0.05, 0.1) is 6.61 Å². The van der Waals surface area contributed by atoms with Gasteiger partial charge in [0, 0.05) is 50.9 Å². The van der Waals surface area contributed by atoms with E-state index < -0.39 is 0 Å². The summed E-state index contributed by atoms with van der Waals surface area (Å²) in [6.07, 6.45) is 3.54. The van der Waals surface area contributed by atoms with Gasteiger partial charge in [-0.3, -0.25) is 14.6 Å². The number of carbonyl (C=O) groups excluding carboxylic acids is 1. The molecule has 0 radical (unpaired) electrons. The molecule has 19 heavy (non-hydrogen) atoms. The van der Waals surface area contributed by atoms with E-state index in [1.165, 1.54) is 0 Å². The minimum atomic E-state index is -0.183. The zero-order valence-corrected chi connectivity index (χ0v) is 12.4. The lowest BCUT2D eigenvalue weighted by Crippen LogP contribution is -2.47. The van der Waals surface area contributed by atoms with Crippen molar-refractivity contribution >= 4 is 5.91 Å². The molecule has 0 aromatic carbocycles. The van der Waals surface area contributed by atoms with Gasteiger partial charge >= 0.3 is 0 Å². The highest BCUT2D eigenvalue weighted by Gasteiger charge is 2.15. The zero-order valence-electron chi connectivity index (χ0n) is 12.4. The van der Waals surface area contributed by atoms with Gasteiger partial charge in [0.25, 0.3) is 0 Å². The molecule has 1 saturated heterocycles. The van der Waals surface area contributed by atoms with E-state index in [9.17, 15) is 4.79 Å². The lowest BCUT2D eigenvalue weighted by molar-refractivity contribution is -0.117. The quantitative estimate of drug-likeness (QED) is 0.693. The van der Waals surface area contributed by atoms with Crippen molar-refractivity contribution in [2.45, 2.75) is 26.3 Å². The molecule has 1 fully saturated rings. The van der Waals surface area contributed by atoms with Crippen molar-refractivity contribution in [1.82, 2.24) is 15.1 Å². The normalized spacial score (nSPS) is 18.9. The average Bonchev–Trinajstić information content (AvgIpc) is 2.29. The number of rotatable bonds is 5. The standard InChI is InChI=1S/C14H27N3O2/c1-14(2,3)15-13(19)5-4-6-16-7-9-17(10-8-16)11-12-18/h4-5,18H,6-12H2,1-3H3,(H,15,19)/b5-4+. The molecule has 0 unspecified atom stereocenters. The molecule has 5 heteroatoms. The molecule has 1 heterocycles. The Balaban J connectivity index is 2.21. The second kappa shape index (κ2) is 7.62. The SMILES string of the molecule is CC(C)(C)NC(=O)/C=C/CN1CCN(CCO)CC1. The maximum absolute atomic E-state index is 11.6. The first-order valence-electron chi connectivity index (χ1n) is 6.95. The Labute approximate surface area is 116 Å². The average molecular weight is 269 g/mol. The van der Waals surface area contributed by atoms with Crippen LogP contribution in [-0.2, 0) is 4.79 Å². The number of nitrogens with zero attached hydrogens (tertiary/aromatic N) is 2. The molecule has 0 aliphatic carbocycles. The number of aliphatic hydroxyl groups excluding tert-OH is 1. The summed E-state index contributed by atoms with van der Waals surface area (Å²) in [6, 6.07) is 0. The Kier molecular flexibility index (Phi) is 6.48. The molecule has 5 nitrogen and oxygen atoms in total. The van der Waals surface area contributed by atoms with Crippen LogP contribution in [0.1, 0.15) is 20.8 Å². The zero-order chi connectivity index (χ0) is 14.3. The molecule has 0 aromatic heterocycles. The number of aliphatic hydroxyl groups is 1. The van der Waals surface area contributed by atoms with Gasteiger partial charge in [-0.25, -0.2) is 0 Å². The Bertz CT molecular complexity index is 302. The smallest absolute Gasteiger partial charge is 0.244 e. The van der Waals surface area contributed by atoms with Crippen molar-refractivity contribution in [3.05, 3.63) is 12.2 Å².